The van der Waals surface area contributed by atoms with Crippen molar-refractivity contribution >= 4 is 5.78 Å². The molecule has 1 N–H and O–H groups in total. The zero-order chi connectivity index (χ0) is 8.85. The number of carbonyl (C=O) groups is 1. The SMILES string of the molecule is C=C(C)CC(=O)C(C)CNC. The summed E-state index contributed by atoms with van der Waals surface area (Å²) in [6, 6.07) is 0. The molecule has 0 aliphatic rings. The Kier molecular flexibility index (Phi) is 4.79. The van der Waals surface area contributed by atoms with E-state index in [4.69, 9.17) is 0 Å². The molecule has 1 unspecified atom stereocenters. The molecule has 64 valence electrons. The molecule has 0 bridgehead atoms. The van der Waals surface area contributed by atoms with Gasteiger partial charge < -0.3 is 5.32 Å². The standard InChI is InChI=1S/C9H17NO/c1-7(2)5-9(11)8(3)6-10-4/h8,10H,1,5-6H2,2-4H3. The molecule has 0 aromatic carbocycles. The Bertz CT molecular complexity index is 152. The fourth-order valence-electron chi connectivity index (χ4n) is 0.892. The van der Waals surface area contributed by atoms with Crippen LogP contribution in [0.25, 0.3) is 0 Å². The Hall–Kier alpha value is -0.630. The minimum Gasteiger partial charge on any atom is -0.319 e. The summed E-state index contributed by atoms with van der Waals surface area (Å²) in [5.74, 6) is 0.378. The summed E-state index contributed by atoms with van der Waals surface area (Å²) >= 11 is 0. The molecule has 0 spiro atoms. The van der Waals surface area contributed by atoms with Crippen molar-refractivity contribution in [2.45, 2.75) is 20.3 Å². The van der Waals surface area contributed by atoms with Gasteiger partial charge in [0.1, 0.15) is 5.78 Å². The molecule has 0 amide bonds. The Balaban J connectivity index is 3.73. The van der Waals surface area contributed by atoms with Crippen LogP contribution < -0.4 is 5.32 Å². The van der Waals surface area contributed by atoms with Gasteiger partial charge in [-0.3, -0.25) is 4.79 Å². The van der Waals surface area contributed by atoms with Crippen molar-refractivity contribution in [3.05, 3.63) is 12.2 Å². The average molecular weight is 155 g/mol. The minimum atomic E-state index is 0.108. The third-order valence-electron chi connectivity index (χ3n) is 1.54. The number of Topliss-reactive ketones (excluding diaryl/α,β-unsaturated/α-hetero) is 1. The van der Waals surface area contributed by atoms with Gasteiger partial charge in [0.05, 0.1) is 0 Å². The maximum atomic E-state index is 11.2. The summed E-state index contributed by atoms with van der Waals surface area (Å²) in [5.41, 5.74) is 0.943. The lowest BCUT2D eigenvalue weighted by atomic mass is 10.0. The summed E-state index contributed by atoms with van der Waals surface area (Å²) in [6.07, 6.45) is 0.517. The van der Waals surface area contributed by atoms with Crippen LogP contribution in [0.4, 0.5) is 0 Å². The highest BCUT2D eigenvalue weighted by molar-refractivity contribution is 5.82. The number of ketones is 1. The van der Waals surface area contributed by atoms with E-state index in [-0.39, 0.29) is 11.7 Å². The largest absolute Gasteiger partial charge is 0.319 e. The van der Waals surface area contributed by atoms with Gasteiger partial charge in [-0.05, 0) is 14.0 Å². The highest BCUT2D eigenvalue weighted by Crippen LogP contribution is 2.04. The van der Waals surface area contributed by atoms with Crippen LogP contribution in [0.1, 0.15) is 20.3 Å². The Morgan fingerprint density at radius 3 is 2.55 bits per heavy atom. The molecule has 2 nitrogen and oxygen atoms in total. The molecule has 0 heterocycles. The first-order valence-corrected chi connectivity index (χ1v) is 3.89. The Labute approximate surface area is 68.7 Å². The summed E-state index contributed by atoms with van der Waals surface area (Å²) in [6.45, 7) is 8.26. The van der Waals surface area contributed by atoms with Gasteiger partial charge in [-0.1, -0.05) is 19.1 Å². The van der Waals surface area contributed by atoms with Crippen molar-refractivity contribution in [3.63, 3.8) is 0 Å². The number of carbonyl (C=O) groups excluding carboxylic acids is 1. The first kappa shape index (κ1) is 10.4. The van der Waals surface area contributed by atoms with Crippen LogP contribution in [-0.2, 0) is 4.79 Å². The molecule has 2 heteroatoms. The molecule has 0 aliphatic carbocycles. The van der Waals surface area contributed by atoms with E-state index in [0.29, 0.717) is 6.42 Å². The average Bonchev–Trinajstić information content (AvgIpc) is 1.86. The van der Waals surface area contributed by atoms with Crippen molar-refractivity contribution in [1.29, 1.82) is 0 Å². The Morgan fingerprint density at radius 2 is 2.18 bits per heavy atom. The molecule has 0 rings (SSSR count). The lowest BCUT2D eigenvalue weighted by Crippen LogP contribution is -2.23. The molecule has 1 atom stereocenters. The van der Waals surface area contributed by atoms with Gasteiger partial charge in [-0.15, -0.1) is 0 Å². The number of rotatable bonds is 5. The predicted octanol–water partition coefficient (Wildman–Crippen LogP) is 1.38. The lowest BCUT2D eigenvalue weighted by Gasteiger charge is -2.08. The van der Waals surface area contributed by atoms with Crippen LogP contribution in [0.2, 0.25) is 0 Å². The fraction of sp³-hybridized carbons (Fsp3) is 0.667. The molecule has 0 aromatic heterocycles. The number of allylic oxidation sites excluding steroid dienone is 1. The minimum absolute atomic E-state index is 0.108. The maximum absolute atomic E-state index is 11.2. The quantitative estimate of drug-likeness (QED) is 0.608. The number of nitrogens with one attached hydrogen (secondary N) is 1. The first-order valence-electron chi connectivity index (χ1n) is 3.89. The lowest BCUT2D eigenvalue weighted by molar-refractivity contribution is -0.121. The number of hydrogen-bond donors (Lipinski definition) is 1. The molecule has 11 heavy (non-hydrogen) atoms. The zero-order valence-electron chi connectivity index (χ0n) is 7.61. The molecule has 0 radical (unpaired) electrons. The summed E-state index contributed by atoms with van der Waals surface area (Å²) in [4.78, 5) is 11.2. The van der Waals surface area contributed by atoms with E-state index < -0.39 is 0 Å². The second kappa shape index (κ2) is 5.08. The second-order valence-corrected chi connectivity index (χ2v) is 3.06. The molecular weight excluding hydrogens is 138 g/mol. The van der Waals surface area contributed by atoms with Crippen molar-refractivity contribution < 1.29 is 4.79 Å². The Morgan fingerprint density at radius 1 is 1.64 bits per heavy atom. The van der Waals surface area contributed by atoms with E-state index in [9.17, 15) is 4.79 Å². The molecule has 0 aromatic rings. The van der Waals surface area contributed by atoms with E-state index in [2.05, 4.69) is 11.9 Å². The van der Waals surface area contributed by atoms with Gasteiger partial charge in [-0.25, -0.2) is 0 Å². The normalized spacial score (nSPS) is 12.6. The fourth-order valence-corrected chi connectivity index (χ4v) is 0.892. The first-order chi connectivity index (χ1) is 5.07. The molecule has 0 saturated heterocycles. The zero-order valence-corrected chi connectivity index (χ0v) is 7.61. The van der Waals surface area contributed by atoms with Crippen molar-refractivity contribution in [3.8, 4) is 0 Å². The molecular formula is C9H17NO. The van der Waals surface area contributed by atoms with Crippen LogP contribution in [0, 0.1) is 5.92 Å². The van der Waals surface area contributed by atoms with Crippen LogP contribution in [0.5, 0.6) is 0 Å². The van der Waals surface area contributed by atoms with Gasteiger partial charge >= 0.3 is 0 Å². The van der Waals surface area contributed by atoms with Crippen molar-refractivity contribution in [1.82, 2.24) is 5.32 Å². The molecule has 0 aliphatic heterocycles. The van der Waals surface area contributed by atoms with Crippen molar-refractivity contribution in [2.75, 3.05) is 13.6 Å². The highest BCUT2D eigenvalue weighted by Gasteiger charge is 2.10. The predicted molar refractivity (Wildman–Crippen MR) is 47.5 cm³/mol. The van der Waals surface area contributed by atoms with Gasteiger partial charge in [0.15, 0.2) is 0 Å². The van der Waals surface area contributed by atoms with Gasteiger partial charge in [0.2, 0.25) is 0 Å². The summed E-state index contributed by atoms with van der Waals surface area (Å²) < 4.78 is 0. The van der Waals surface area contributed by atoms with Crippen LogP contribution in [-0.4, -0.2) is 19.4 Å². The summed E-state index contributed by atoms with van der Waals surface area (Å²) in [5, 5.41) is 2.97. The van der Waals surface area contributed by atoms with Gasteiger partial charge in [0.25, 0.3) is 0 Å². The maximum Gasteiger partial charge on any atom is 0.140 e. The van der Waals surface area contributed by atoms with E-state index >= 15 is 0 Å². The van der Waals surface area contributed by atoms with Gasteiger partial charge in [-0.2, -0.15) is 0 Å². The van der Waals surface area contributed by atoms with E-state index in [1.807, 2.05) is 20.9 Å². The third-order valence-corrected chi connectivity index (χ3v) is 1.54. The summed E-state index contributed by atoms with van der Waals surface area (Å²) in [7, 11) is 1.85. The van der Waals surface area contributed by atoms with Crippen LogP contribution in [0.15, 0.2) is 12.2 Å². The van der Waals surface area contributed by atoms with Crippen LogP contribution in [0.3, 0.4) is 0 Å². The molecule has 0 saturated carbocycles. The van der Waals surface area contributed by atoms with E-state index in [0.717, 1.165) is 12.1 Å². The smallest absolute Gasteiger partial charge is 0.140 e. The topological polar surface area (TPSA) is 29.1 Å². The van der Waals surface area contributed by atoms with Crippen LogP contribution >= 0.6 is 0 Å². The monoisotopic (exact) mass is 155 g/mol. The highest BCUT2D eigenvalue weighted by atomic mass is 16.1. The second-order valence-electron chi connectivity index (χ2n) is 3.06. The third kappa shape index (κ3) is 4.73. The van der Waals surface area contributed by atoms with Crippen molar-refractivity contribution in [2.24, 2.45) is 5.92 Å². The molecule has 0 fully saturated rings. The van der Waals surface area contributed by atoms with Gasteiger partial charge in [0, 0.05) is 18.9 Å². The van der Waals surface area contributed by atoms with E-state index in [1.54, 1.807) is 0 Å². The number of hydrogen-bond acceptors (Lipinski definition) is 2. The van der Waals surface area contributed by atoms with E-state index in [1.165, 1.54) is 0 Å².